The van der Waals surface area contributed by atoms with E-state index in [1.165, 1.54) is 0 Å². The number of nitrogens with one attached hydrogen (secondary N) is 1. The molecule has 0 spiro atoms. The summed E-state index contributed by atoms with van der Waals surface area (Å²) in [6.45, 7) is 7.58. The van der Waals surface area contributed by atoms with Crippen molar-refractivity contribution >= 4 is 17.5 Å². The number of aryl methyl sites for hydroxylation is 1. The Hall–Kier alpha value is -3.55. The smallest absolute Gasteiger partial charge is 0.259 e. The first kappa shape index (κ1) is 22.6. The number of carbonyl (C=O) groups excluding carboxylic acids is 2. The molecule has 0 unspecified atom stereocenters. The van der Waals surface area contributed by atoms with Gasteiger partial charge in [0.05, 0.1) is 11.3 Å². The first-order valence-electron chi connectivity index (χ1n) is 11.4. The topological polar surface area (TPSA) is 93.0 Å². The van der Waals surface area contributed by atoms with Gasteiger partial charge in [-0.25, -0.2) is 15.0 Å². The number of hydrogen-bond acceptors (Lipinski definition) is 5. The van der Waals surface area contributed by atoms with Crippen molar-refractivity contribution in [3.63, 3.8) is 0 Å². The maximum absolute atomic E-state index is 13.0. The zero-order valence-corrected chi connectivity index (χ0v) is 19.4. The van der Waals surface area contributed by atoms with Crippen LogP contribution in [0.25, 0.3) is 0 Å². The van der Waals surface area contributed by atoms with Gasteiger partial charge in [-0.05, 0) is 31.9 Å². The lowest BCUT2D eigenvalue weighted by atomic mass is 9.96. The Labute approximate surface area is 194 Å². The van der Waals surface area contributed by atoms with Gasteiger partial charge in [0.25, 0.3) is 5.91 Å². The van der Waals surface area contributed by atoms with E-state index in [1.807, 2.05) is 52.9 Å². The lowest BCUT2D eigenvalue weighted by molar-refractivity contribution is -0.133. The number of piperidine rings is 1. The number of anilines is 1. The molecule has 1 saturated heterocycles. The minimum absolute atomic E-state index is 0.0555. The second kappa shape index (κ2) is 9.94. The van der Waals surface area contributed by atoms with Gasteiger partial charge in [0.15, 0.2) is 0 Å². The predicted octanol–water partition coefficient (Wildman–Crippen LogP) is 3.76. The highest BCUT2D eigenvalue weighted by Crippen LogP contribution is 2.25. The Morgan fingerprint density at radius 1 is 1.18 bits per heavy atom. The van der Waals surface area contributed by atoms with E-state index in [1.54, 1.807) is 12.4 Å². The summed E-state index contributed by atoms with van der Waals surface area (Å²) in [6, 6.07) is 9.31. The number of likely N-dealkylation sites (tertiary alicyclic amines) is 1. The molecule has 8 nitrogen and oxygen atoms in total. The number of amides is 2. The van der Waals surface area contributed by atoms with Crippen molar-refractivity contribution in [2.24, 2.45) is 0 Å². The molecule has 1 fully saturated rings. The Morgan fingerprint density at radius 2 is 1.97 bits per heavy atom. The minimum Gasteiger partial charge on any atom is -0.340 e. The summed E-state index contributed by atoms with van der Waals surface area (Å²) in [5.74, 6) is 1.77. The number of nitrogens with zero attached hydrogens (tertiary/aromatic N) is 5. The molecular formula is C25H30N6O2. The molecule has 0 aliphatic carbocycles. The lowest BCUT2D eigenvalue weighted by Crippen LogP contribution is -2.41. The van der Waals surface area contributed by atoms with Crippen molar-refractivity contribution < 1.29 is 9.59 Å². The molecule has 1 atom stereocenters. The van der Waals surface area contributed by atoms with E-state index in [4.69, 9.17) is 0 Å². The van der Waals surface area contributed by atoms with Crippen LogP contribution in [-0.4, -0.2) is 49.3 Å². The molecule has 4 rings (SSSR count). The van der Waals surface area contributed by atoms with Gasteiger partial charge in [0.2, 0.25) is 5.91 Å². The first-order valence-corrected chi connectivity index (χ1v) is 11.4. The quantitative estimate of drug-likeness (QED) is 0.622. The third-order valence-electron chi connectivity index (χ3n) is 5.98. The molecular weight excluding hydrogens is 416 g/mol. The van der Waals surface area contributed by atoms with Gasteiger partial charge in [0.1, 0.15) is 18.2 Å². The summed E-state index contributed by atoms with van der Waals surface area (Å²) in [4.78, 5) is 41.0. The number of imidazole rings is 1. The van der Waals surface area contributed by atoms with E-state index in [-0.39, 0.29) is 23.7 Å². The fourth-order valence-electron chi connectivity index (χ4n) is 4.24. The van der Waals surface area contributed by atoms with Crippen LogP contribution in [0.3, 0.4) is 0 Å². The van der Waals surface area contributed by atoms with Gasteiger partial charge in [-0.2, -0.15) is 0 Å². The van der Waals surface area contributed by atoms with Crippen molar-refractivity contribution in [2.75, 3.05) is 18.4 Å². The molecule has 2 aromatic heterocycles. The molecule has 8 heteroatoms. The molecule has 3 aromatic rings. The Morgan fingerprint density at radius 3 is 2.70 bits per heavy atom. The van der Waals surface area contributed by atoms with Crippen molar-refractivity contribution in [1.29, 1.82) is 0 Å². The first-order chi connectivity index (χ1) is 15.9. The molecule has 0 radical (unpaired) electrons. The third kappa shape index (κ3) is 5.27. The van der Waals surface area contributed by atoms with Crippen molar-refractivity contribution in [1.82, 2.24) is 24.4 Å². The van der Waals surface area contributed by atoms with Crippen LogP contribution >= 0.6 is 0 Å². The zero-order chi connectivity index (χ0) is 23.4. The van der Waals surface area contributed by atoms with Gasteiger partial charge in [-0.3, -0.25) is 9.59 Å². The summed E-state index contributed by atoms with van der Waals surface area (Å²) >= 11 is 0. The van der Waals surface area contributed by atoms with Gasteiger partial charge in [0, 0.05) is 49.2 Å². The molecule has 172 valence electrons. The highest BCUT2D eigenvalue weighted by molar-refractivity contribution is 6.04. The summed E-state index contributed by atoms with van der Waals surface area (Å²) in [7, 11) is 0. The molecule has 2 amide bonds. The third-order valence-corrected chi connectivity index (χ3v) is 5.98. The number of carbonyl (C=O) groups is 2. The van der Waals surface area contributed by atoms with E-state index in [9.17, 15) is 9.59 Å². The van der Waals surface area contributed by atoms with Crippen molar-refractivity contribution in [2.45, 2.75) is 52.0 Å². The highest BCUT2D eigenvalue weighted by atomic mass is 16.2. The minimum atomic E-state index is -0.230. The molecule has 0 bridgehead atoms. The fourth-order valence-corrected chi connectivity index (χ4v) is 4.24. The van der Waals surface area contributed by atoms with Crippen LogP contribution in [-0.2, 0) is 11.3 Å². The second-order valence-electron chi connectivity index (χ2n) is 8.79. The van der Waals surface area contributed by atoms with Gasteiger partial charge < -0.3 is 14.8 Å². The molecule has 1 aliphatic rings. The molecule has 33 heavy (non-hydrogen) atoms. The Balaban J connectivity index is 1.42. The fraction of sp³-hybridized carbons (Fsp3) is 0.400. The van der Waals surface area contributed by atoms with E-state index in [0.29, 0.717) is 30.2 Å². The van der Waals surface area contributed by atoms with Crippen LogP contribution < -0.4 is 5.32 Å². The second-order valence-corrected chi connectivity index (χ2v) is 8.79. The normalized spacial score (nSPS) is 16.1. The maximum atomic E-state index is 13.0. The van der Waals surface area contributed by atoms with Crippen LogP contribution in [0.2, 0.25) is 0 Å². The van der Waals surface area contributed by atoms with Gasteiger partial charge in [-0.15, -0.1) is 0 Å². The summed E-state index contributed by atoms with van der Waals surface area (Å²) in [5.41, 5.74) is 1.82. The average molecular weight is 447 g/mol. The highest BCUT2D eigenvalue weighted by Gasteiger charge is 2.27. The molecule has 3 heterocycles. The molecule has 1 aromatic carbocycles. The van der Waals surface area contributed by atoms with Gasteiger partial charge in [-0.1, -0.05) is 32.0 Å². The Bertz CT molecular complexity index is 1120. The average Bonchev–Trinajstić information content (AvgIpc) is 3.28. The molecule has 0 saturated carbocycles. The maximum Gasteiger partial charge on any atom is 0.259 e. The number of para-hydroxylation sites is 1. The monoisotopic (exact) mass is 446 g/mol. The zero-order valence-electron chi connectivity index (χ0n) is 19.4. The van der Waals surface area contributed by atoms with Crippen LogP contribution in [0.15, 0.2) is 48.9 Å². The van der Waals surface area contributed by atoms with E-state index >= 15 is 0 Å². The van der Waals surface area contributed by atoms with E-state index < -0.39 is 0 Å². The SMILES string of the molecule is Cc1nc([C@@H]2CCCN(C(=O)Cn3ccnc3C(C)C)C2)ncc1C(=O)Nc1ccccc1. The van der Waals surface area contributed by atoms with E-state index in [2.05, 4.69) is 34.1 Å². The predicted molar refractivity (Wildman–Crippen MR) is 126 cm³/mol. The number of rotatable bonds is 6. The summed E-state index contributed by atoms with van der Waals surface area (Å²) in [6.07, 6.45) is 7.02. The van der Waals surface area contributed by atoms with E-state index in [0.717, 1.165) is 30.9 Å². The number of hydrogen-bond donors (Lipinski definition) is 1. The van der Waals surface area contributed by atoms with Crippen LogP contribution in [0.4, 0.5) is 5.69 Å². The molecule has 1 aliphatic heterocycles. The summed E-state index contributed by atoms with van der Waals surface area (Å²) in [5, 5.41) is 2.87. The van der Waals surface area contributed by atoms with Crippen molar-refractivity contribution in [3.05, 3.63) is 71.8 Å². The van der Waals surface area contributed by atoms with Crippen molar-refractivity contribution in [3.8, 4) is 0 Å². The summed E-state index contributed by atoms with van der Waals surface area (Å²) < 4.78 is 1.93. The number of benzene rings is 1. The lowest BCUT2D eigenvalue weighted by Gasteiger charge is -2.32. The van der Waals surface area contributed by atoms with Crippen LogP contribution in [0, 0.1) is 6.92 Å². The Kier molecular flexibility index (Phi) is 6.82. The largest absolute Gasteiger partial charge is 0.340 e. The standard InChI is InChI=1S/C25H30N6O2/c1-17(2)24-26-11-13-31(24)16-22(32)30-12-7-8-19(15-30)23-27-14-21(18(3)28-23)25(33)29-20-9-5-4-6-10-20/h4-6,9-11,13-14,17,19H,7-8,12,15-16H2,1-3H3,(H,29,33)/t19-/m1/s1. The molecule has 1 N–H and O–H groups in total. The van der Waals surface area contributed by atoms with Crippen LogP contribution in [0.1, 0.15) is 66.2 Å². The number of aromatic nitrogens is 4. The van der Waals surface area contributed by atoms with Crippen LogP contribution in [0.5, 0.6) is 0 Å². The van der Waals surface area contributed by atoms with Gasteiger partial charge >= 0.3 is 0 Å².